The largest absolute Gasteiger partial charge is 0.416 e. The Labute approximate surface area is 127 Å². The van der Waals surface area contributed by atoms with Gasteiger partial charge in [0.1, 0.15) is 0 Å². The van der Waals surface area contributed by atoms with Gasteiger partial charge in [0.25, 0.3) is 5.91 Å². The molecule has 2 N–H and O–H groups in total. The van der Waals surface area contributed by atoms with Gasteiger partial charge in [-0.3, -0.25) is 9.69 Å². The van der Waals surface area contributed by atoms with Gasteiger partial charge in [-0.15, -0.1) is 0 Å². The molecule has 1 amide bonds. The summed E-state index contributed by atoms with van der Waals surface area (Å²) in [5.74, 6) is -0.438. The zero-order chi connectivity index (χ0) is 16.5. The summed E-state index contributed by atoms with van der Waals surface area (Å²) in [5, 5.41) is 0. The highest BCUT2D eigenvalue weighted by molar-refractivity contribution is 5.99. The van der Waals surface area contributed by atoms with Gasteiger partial charge in [-0.25, -0.2) is 0 Å². The lowest BCUT2D eigenvalue weighted by atomic mass is 10.1. The van der Waals surface area contributed by atoms with Crippen LogP contribution in [0.1, 0.15) is 29.8 Å². The van der Waals surface area contributed by atoms with E-state index in [9.17, 15) is 18.0 Å². The molecule has 2 rings (SSSR count). The van der Waals surface area contributed by atoms with Crippen LogP contribution in [0.15, 0.2) is 18.2 Å². The Bertz CT molecular complexity index is 549. The molecule has 0 aliphatic carbocycles. The van der Waals surface area contributed by atoms with E-state index in [1.165, 1.54) is 0 Å². The lowest BCUT2D eigenvalue weighted by molar-refractivity contribution is -0.137. The summed E-state index contributed by atoms with van der Waals surface area (Å²) in [6.07, 6.45) is -4.49. The third kappa shape index (κ3) is 3.52. The summed E-state index contributed by atoms with van der Waals surface area (Å²) >= 11 is 0. The Hall–Kier alpha value is -1.76. The van der Waals surface area contributed by atoms with Crippen molar-refractivity contribution in [3.63, 3.8) is 0 Å². The molecule has 1 aliphatic rings. The number of rotatable bonds is 2. The Morgan fingerprint density at radius 1 is 1.18 bits per heavy atom. The molecule has 22 heavy (non-hydrogen) atoms. The fraction of sp³-hybridized carbons (Fsp3) is 0.533. The SMILES string of the molecule is CC(C)N1CCN(C(=O)c2cc(C(F)(F)F)ccc2N)CC1. The van der Waals surface area contributed by atoms with Gasteiger partial charge in [-0.05, 0) is 32.0 Å². The van der Waals surface area contributed by atoms with Crippen LogP contribution >= 0.6 is 0 Å². The monoisotopic (exact) mass is 315 g/mol. The number of nitrogen functional groups attached to an aromatic ring is 1. The Morgan fingerprint density at radius 3 is 2.27 bits per heavy atom. The zero-order valence-electron chi connectivity index (χ0n) is 12.7. The molecule has 1 aromatic rings. The average Bonchev–Trinajstić information content (AvgIpc) is 2.46. The first kappa shape index (κ1) is 16.6. The average molecular weight is 315 g/mol. The van der Waals surface area contributed by atoms with Crippen LogP contribution < -0.4 is 5.73 Å². The van der Waals surface area contributed by atoms with Crippen molar-refractivity contribution >= 4 is 11.6 Å². The lowest BCUT2D eigenvalue weighted by Crippen LogP contribution is -2.50. The zero-order valence-corrected chi connectivity index (χ0v) is 12.7. The lowest BCUT2D eigenvalue weighted by Gasteiger charge is -2.37. The second kappa shape index (κ2) is 6.16. The number of halogens is 3. The summed E-state index contributed by atoms with van der Waals surface area (Å²) in [6.45, 7) is 6.55. The maximum atomic E-state index is 12.8. The number of benzene rings is 1. The fourth-order valence-corrected chi connectivity index (χ4v) is 2.53. The van der Waals surface area contributed by atoms with Gasteiger partial charge >= 0.3 is 6.18 Å². The summed E-state index contributed by atoms with van der Waals surface area (Å²) in [4.78, 5) is 16.2. The Morgan fingerprint density at radius 2 is 1.77 bits per heavy atom. The van der Waals surface area contributed by atoms with Crippen molar-refractivity contribution in [2.24, 2.45) is 0 Å². The number of piperazine rings is 1. The Balaban J connectivity index is 2.17. The van der Waals surface area contributed by atoms with Gasteiger partial charge in [0.15, 0.2) is 0 Å². The summed E-state index contributed by atoms with van der Waals surface area (Å²) < 4.78 is 38.3. The standard InChI is InChI=1S/C15H20F3N3O/c1-10(2)20-5-7-21(8-6-20)14(22)12-9-11(15(16,17)18)3-4-13(12)19/h3-4,9-10H,5-8,19H2,1-2H3. The molecule has 0 aromatic heterocycles. The van der Waals surface area contributed by atoms with Crippen molar-refractivity contribution in [2.45, 2.75) is 26.1 Å². The topological polar surface area (TPSA) is 49.6 Å². The maximum Gasteiger partial charge on any atom is 0.416 e. The number of carbonyl (C=O) groups is 1. The van der Waals surface area contributed by atoms with Crippen molar-refractivity contribution in [1.82, 2.24) is 9.80 Å². The number of nitrogens with zero attached hydrogens (tertiary/aromatic N) is 2. The van der Waals surface area contributed by atoms with E-state index in [2.05, 4.69) is 18.7 Å². The molecule has 0 atom stereocenters. The molecule has 1 heterocycles. The van der Waals surface area contributed by atoms with E-state index in [4.69, 9.17) is 5.73 Å². The van der Waals surface area contributed by atoms with Crippen LogP contribution in [-0.2, 0) is 6.18 Å². The van der Waals surface area contributed by atoms with E-state index in [-0.39, 0.29) is 11.3 Å². The third-order valence-electron chi connectivity index (χ3n) is 3.94. The van der Waals surface area contributed by atoms with Crippen LogP contribution in [0, 0.1) is 0 Å². The van der Waals surface area contributed by atoms with Gasteiger partial charge < -0.3 is 10.6 Å². The van der Waals surface area contributed by atoms with Gasteiger partial charge in [0.2, 0.25) is 0 Å². The van der Waals surface area contributed by atoms with Crippen molar-refractivity contribution < 1.29 is 18.0 Å². The number of amides is 1. The molecular formula is C15H20F3N3O. The van der Waals surface area contributed by atoms with Crippen LogP contribution in [0.3, 0.4) is 0 Å². The molecule has 1 aromatic carbocycles. The maximum absolute atomic E-state index is 12.8. The van der Waals surface area contributed by atoms with Crippen LogP contribution in [-0.4, -0.2) is 47.9 Å². The first-order valence-corrected chi connectivity index (χ1v) is 7.20. The number of hydrogen-bond acceptors (Lipinski definition) is 3. The first-order valence-electron chi connectivity index (χ1n) is 7.20. The number of carbonyl (C=O) groups excluding carboxylic acids is 1. The van der Waals surface area contributed by atoms with Crippen molar-refractivity contribution in [3.8, 4) is 0 Å². The third-order valence-corrected chi connectivity index (χ3v) is 3.94. The molecule has 4 nitrogen and oxygen atoms in total. The molecule has 0 saturated carbocycles. The van der Waals surface area contributed by atoms with E-state index < -0.39 is 17.6 Å². The van der Waals surface area contributed by atoms with Gasteiger partial charge in [0, 0.05) is 37.9 Å². The number of anilines is 1. The minimum Gasteiger partial charge on any atom is -0.398 e. The van der Waals surface area contributed by atoms with Crippen LogP contribution in [0.25, 0.3) is 0 Å². The molecule has 0 bridgehead atoms. The molecule has 1 saturated heterocycles. The predicted molar refractivity (Wildman–Crippen MR) is 78.5 cm³/mol. The number of nitrogens with two attached hydrogens (primary N) is 1. The van der Waals surface area contributed by atoms with Gasteiger partial charge in [-0.2, -0.15) is 13.2 Å². The molecule has 0 spiro atoms. The Kier molecular flexibility index (Phi) is 4.65. The highest BCUT2D eigenvalue weighted by atomic mass is 19.4. The molecule has 0 unspecified atom stereocenters. The molecule has 122 valence electrons. The van der Waals surface area contributed by atoms with Gasteiger partial charge in [-0.1, -0.05) is 0 Å². The second-order valence-electron chi connectivity index (χ2n) is 5.72. The predicted octanol–water partition coefficient (Wildman–Crippen LogP) is 2.45. The van der Waals surface area contributed by atoms with Crippen LogP contribution in [0.2, 0.25) is 0 Å². The minimum atomic E-state index is -4.49. The molecule has 7 heteroatoms. The molecular weight excluding hydrogens is 295 g/mol. The van der Waals surface area contributed by atoms with Crippen molar-refractivity contribution in [3.05, 3.63) is 29.3 Å². The number of alkyl halides is 3. The second-order valence-corrected chi connectivity index (χ2v) is 5.72. The van der Waals surface area contributed by atoms with E-state index in [0.717, 1.165) is 18.2 Å². The smallest absolute Gasteiger partial charge is 0.398 e. The van der Waals surface area contributed by atoms with Crippen LogP contribution in [0.5, 0.6) is 0 Å². The summed E-state index contributed by atoms with van der Waals surface area (Å²) in [7, 11) is 0. The minimum absolute atomic E-state index is 0.0734. The highest BCUT2D eigenvalue weighted by Crippen LogP contribution is 2.31. The fourth-order valence-electron chi connectivity index (χ4n) is 2.53. The number of hydrogen-bond donors (Lipinski definition) is 1. The van der Waals surface area contributed by atoms with Crippen molar-refractivity contribution in [2.75, 3.05) is 31.9 Å². The summed E-state index contributed by atoms with van der Waals surface area (Å²) in [5.41, 5.74) is 4.83. The first-order chi connectivity index (χ1) is 10.2. The molecule has 1 aliphatic heterocycles. The summed E-state index contributed by atoms with van der Waals surface area (Å²) in [6, 6.07) is 3.26. The van der Waals surface area contributed by atoms with Crippen LogP contribution in [0.4, 0.5) is 18.9 Å². The molecule has 1 fully saturated rings. The van der Waals surface area contributed by atoms with E-state index >= 15 is 0 Å². The highest BCUT2D eigenvalue weighted by Gasteiger charge is 2.32. The van der Waals surface area contributed by atoms with Crippen molar-refractivity contribution in [1.29, 1.82) is 0 Å². The quantitative estimate of drug-likeness (QED) is 0.853. The normalized spacial score (nSPS) is 17.1. The van der Waals surface area contributed by atoms with Gasteiger partial charge in [0.05, 0.1) is 11.1 Å². The molecule has 0 radical (unpaired) electrons. The van der Waals surface area contributed by atoms with E-state index in [1.807, 2.05) is 0 Å². The van der Waals surface area contributed by atoms with E-state index in [0.29, 0.717) is 32.2 Å². The van der Waals surface area contributed by atoms with E-state index in [1.54, 1.807) is 4.90 Å².